The van der Waals surface area contributed by atoms with Gasteiger partial charge in [0.1, 0.15) is 11.5 Å². The summed E-state index contributed by atoms with van der Waals surface area (Å²) in [6, 6.07) is 4.61. The molecule has 1 aromatic rings. The van der Waals surface area contributed by atoms with Crippen molar-refractivity contribution in [2.45, 2.75) is 52.5 Å². The highest BCUT2D eigenvalue weighted by atomic mass is 16.5. The van der Waals surface area contributed by atoms with Crippen LogP contribution in [0.4, 0.5) is 0 Å². The Bertz CT molecular complexity index is 755. The van der Waals surface area contributed by atoms with Crippen molar-refractivity contribution >= 4 is 11.7 Å². The van der Waals surface area contributed by atoms with Gasteiger partial charge in [0.25, 0.3) is 5.91 Å². The number of rotatable bonds is 10. The van der Waals surface area contributed by atoms with Gasteiger partial charge in [-0.3, -0.25) is 9.59 Å². The van der Waals surface area contributed by atoms with E-state index in [0.717, 1.165) is 25.7 Å². The number of methoxy groups -OCH3 is 2. The average molecular weight is 389 g/mol. The lowest BCUT2D eigenvalue weighted by molar-refractivity contribution is -0.130. The number of ether oxygens (including phenoxy) is 2. The number of hydrogen-bond donors (Lipinski definition) is 1. The first-order chi connectivity index (χ1) is 13.4. The molecular weight excluding hydrogens is 358 g/mol. The number of aliphatic hydroxyl groups excluding tert-OH is 1. The average Bonchev–Trinajstić information content (AvgIpc) is 2.95. The normalized spacial score (nSPS) is 17.8. The lowest BCUT2D eigenvalue weighted by Crippen LogP contribution is -2.35. The number of ketones is 1. The van der Waals surface area contributed by atoms with E-state index in [2.05, 4.69) is 13.8 Å². The third-order valence-corrected chi connectivity index (χ3v) is 5.42. The van der Waals surface area contributed by atoms with Crippen molar-refractivity contribution in [3.63, 3.8) is 0 Å². The molecule has 1 heterocycles. The summed E-state index contributed by atoms with van der Waals surface area (Å²) in [5.74, 6) is 0.150. The van der Waals surface area contributed by atoms with Crippen LogP contribution in [0.15, 0.2) is 29.5 Å². The Kier molecular flexibility index (Phi) is 7.49. The summed E-state index contributed by atoms with van der Waals surface area (Å²) in [5.41, 5.74) is 0.787. The van der Waals surface area contributed by atoms with Gasteiger partial charge in [-0.25, -0.2) is 0 Å². The zero-order chi connectivity index (χ0) is 20.8. The second-order valence-electron chi connectivity index (χ2n) is 7.20. The van der Waals surface area contributed by atoms with Gasteiger partial charge in [0.15, 0.2) is 11.5 Å². The molecule has 2 rings (SSSR count). The maximum absolute atomic E-state index is 12.9. The number of nitrogens with zero attached hydrogens (tertiary/aromatic N) is 1. The minimum absolute atomic E-state index is 0.124. The molecule has 28 heavy (non-hydrogen) atoms. The van der Waals surface area contributed by atoms with Crippen LogP contribution in [-0.4, -0.2) is 42.5 Å². The van der Waals surface area contributed by atoms with Crippen molar-refractivity contribution in [1.82, 2.24) is 4.90 Å². The third-order valence-electron chi connectivity index (χ3n) is 5.42. The molecular formula is C22H31NO5. The van der Waals surface area contributed by atoms with Gasteiger partial charge in [-0.15, -0.1) is 0 Å². The predicted octanol–water partition coefficient (Wildman–Crippen LogP) is 4.20. The zero-order valence-electron chi connectivity index (χ0n) is 17.4. The molecule has 0 spiro atoms. The Morgan fingerprint density at radius 2 is 1.96 bits per heavy atom. The fourth-order valence-electron chi connectivity index (χ4n) is 3.76. The molecule has 2 atom stereocenters. The summed E-state index contributed by atoms with van der Waals surface area (Å²) in [6.07, 6.45) is 4.09. The van der Waals surface area contributed by atoms with E-state index in [0.29, 0.717) is 29.5 Å². The molecule has 0 radical (unpaired) electrons. The standard InChI is InChI=1S/C22H31NO5/c1-6-8-9-15(7-2)13-23-20(19(14(3)24)21(25)22(23)26)17-11-10-16(27-4)12-18(17)28-5/h10-12,15,20,25H,6-9,13H2,1-5H3. The number of benzene rings is 1. The number of carbonyl (C=O) groups is 2. The Labute approximate surface area is 167 Å². The topological polar surface area (TPSA) is 76.1 Å². The van der Waals surface area contributed by atoms with E-state index in [1.807, 2.05) is 0 Å². The van der Waals surface area contributed by atoms with Crippen molar-refractivity contribution in [3.05, 3.63) is 35.1 Å². The quantitative estimate of drug-likeness (QED) is 0.649. The Morgan fingerprint density at radius 3 is 2.50 bits per heavy atom. The molecule has 6 nitrogen and oxygen atoms in total. The molecule has 6 heteroatoms. The molecule has 0 aliphatic carbocycles. The van der Waals surface area contributed by atoms with E-state index in [1.54, 1.807) is 30.2 Å². The van der Waals surface area contributed by atoms with Crippen molar-refractivity contribution < 1.29 is 24.2 Å². The number of amides is 1. The predicted molar refractivity (Wildman–Crippen MR) is 108 cm³/mol. The van der Waals surface area contributed by atoms with Gasteiger partial charge in [0.2, 0.25) is 0 Å². The van der Waals surface area contributed by atoms with E-state index >= 15 is 0 Å². The summed E-state index contributed by atoms with van der Waals surface area (Å²) in [5, 5.41) is 10.5. The molecule has 154 valence electrons. The summed E-state index contributed by atoms with van der Waals surface area (Å²) in [6.45, 7) is 6.10. The van der Waals surface area contributed by atoms with E-state index in [1.165, 1.54) is 14.0 Å². The second-order valence-corrected chi connectivity index (χ2v) is 7.20. The summed E-state index contributed by atoms with van der Waals surface area (Å²) in [4.78, 5) is 26.8. The molecule has 0 saturated carbocycles. The Hall–Kier alpha value is -2.50. The van der Waals surface area contributed by atoms with Gasteiger partial charge in [0.05, 0.1) is 25.8 Å². The van der Waals surface area contributed by atoms with Gasteiger partial charge in [-0.05, 0) is 31.4 Å². The van der Waals surface area contributed by atoms with Crippen molar-refractivity contribution in [1.29, 1.82) is 0 Å². The smallest absolute Gasteiger partial charge is 0.290 e. The molecule has 0 bridgehead atoms. The molecule has 1 N–H and O–H groups in total. The van der Waals surface area contributed by atoms with Crippen molar-refractivity contribution in [2.24, 2.45) is 5.92 Å². The fourth-order valence-corrected chi connectivity index (χ4v) is 3.76. The first-order valence-electron chi connectivity index (χ1n) is 9.86. The monoisotopic (exact) mass is 389 g/mol. The van der Waals surface area contributed by atoms with Crippen LogP contribution in [-0.2, 0) is 9.59 Å². The highest BCUT2D eigenvalue weighted by Gasteiger charge is 2.44. The molecule has 1 amide bonds. The molecule has 0 fully saturated rings. The number of unbranched alkanes of at least 4 members (excludes halogenated alkanes) is 1. The van der Waals surface area contributed by atoms with E-state index in [-0.39, 0.29) is 11.4 Å². The molecule has 1 aromatic carbocycles. The summed E-state index contributed by atoms with van der Waals surface area (Å²) in [7, 11) is 3.10. The van der Waals surface area contributed by atoms with Crippen LogP contribution in [0.3, 0.4) is 0 Å². The fraction of sp³-hybridized carbons (Fsp3) is 0.545. The van der Waals surface area contributed by atoms with Crippen LogP contribution in [0.2, 0.25) is 0 Å². The van der Waals surface area contributed by atoms with Gasteiger partial charge in [-0.1, -0.05) is 33.1 Å². The van der Waals surface area contributed by atoms with Crippen LogP contribution in [0.5, 0.6) is 11.5 Å². The zero-order valence-corrected chi connectivity index (χ0v) is 17.4. The van der Waals surface area contributed by atoms with Crippen LogP contribution in [0.1, 0.15) is 58.1 Å². The highest BCUT2D eigenvalue weighted by molar-refractivity contribution is 6.08. The number of hydrogen-bond acceptors (Lipinski definition) is 5. The van der Waals surface area contributed by atoms with Crippen LogP contribution in [0, 0.1) is 5.92 Å². The van der Waals surface area contributed by atoms with Crippen molar-refractivity contribution in [2.75, 3.05) is 20.8 Å². The Balaban J connectivity index is 2.50. The molecule has 2 unspecified atom stereocenters. The third kappa shape index (κ3) is 4.32. The maximum Gasteiger partial charge on any atom is 0.290 e. The van der Waals surface area contributed by atoms with Gasteiger partial charge in [0, 0.05) is 18.2 Å². The second kappa shape index (κ2) is 9.62. The van der Waals surface area contributed by atoms with E-state index < -0.39 is 17.7 Å². The van der Waals surface area contributed by atoms with Crippen LogP contribution in [0.25, 0.3) is 0 Å². The van der Waals surface area contributed by atoms with Crippen LogP contribution >= 0.6 is 0 Å². The number of aliphatic hydroxyl groups is 1. The molecule has 1 aliphatic heterocycles. The van der Waals surface area contributed by atoms with E-state index in [4.69, 9.17) is 9.47 Å². The first kappa shape index (κ1) is 21.8. The molecule has 1 aliphatic rings. The number of Topliss-reactive ketones (excluding diaryl/α,β-unsaturated/α-hetero) is 1. The largest absolute Gasteiger partial charge is 0.503 e. The lowest BCUT2D eigenvalue weighted by atomic mass is 9.93. The highest BCUT2D eigenvalue weighted by Crippen LogP contribution is 2.43. The summed E-state index contributed by atoms with van der Waals surface area (Å²) >= 11 is 0. The SMILES string of the molecule is CCCCC(CC)CN1C(=O)C(O)=C(C(C)=O)C1c1ccc(OC)cc1OC. The van der Waals surface area contributed by atoms with Crippen LogP contribution < -0.4 is 9.47 Å². The first-order valence-corrected chi connectivity index (χ1v) is 9.86. The van der Waals surface area contributed by atoms with Gasteiger partial charge < -0.3 is 19.5 Å². The lowest BCUT2D eigenvalue weighted by Gasteiger charge is -2.31. The van der Waals surface area contributed by atoms with E-state index in [9.17, 15) is 14.7 Å². The van der Waals surface area contributed by atoms with Gasteiger partial charge >= 0.3 is 0 Å². The molecule has 0 aromatic heterocycles. The number of carbonyl (C=O) groups excluding carboxylic acids is 2. The Morgan fingerprint density at radius 1 is 1.25 bits per heavy atom. The summed E-state index contributed by atoms with van der Waals surface area (Å²) < 4.78 is 10.8. The van der Waals surface area contributed by atoms with Gasteiger partial charge in [-0.2, -0.15) is 0 Å². The minimum Gasteiger partial charge on any atom is -0.503 e. The van der Waals surface area contributed by atoms with Crippen molar-refractivity contribution in [3.8, 4) is 11.5 Å². The minimum atomic E-state index is -0.665. The maximum atomic E-state index is 12.9. The molecule has 0 saturated heterocycles.